The van der Waals surface area contributed by atoms with Gasteiger partial charge in [-0.05, 0) is 54.9 Å². The smallest absolute Gasteiger partial charge is 0.331 e. The quantitative estimate of drug-likeness (QED) is 0.629. The number of cyclic esters (lactones) is 1. The summed E-state index contributed by atoms with van der Waals surface area (Å²) in [4.78, 5) is 36.9. The van der Waals surface area contributed by atoms with Crippen LogP contribution in [0.5, 0.6) is 0 Å². The van der Waals surface area contributed by atoms with E-state index in [0.29, 0.717) is 25.7 Å². The number of aliphatic hydroxyl groups excluding tert-OH is 1. The van der Waals surface area contributed by atoms with Gasteiger partial charge in [0.2, 0.25) is 0 Å². The van der Waals surface area contributed by atoms with Crippen molar-refractivity contribution in [1.82, 2.24) is 0 Å². The first-order valence-electron chi connectivity index (χ1n) is 11.7. The first-order valence-corrected chi connectivity index (χ1v) is 11.7. The van der Waals surface area contributed by atoms with Crippen LogP contribution < -0.4 is 0 Å². The van der Waals surface area contributed by atoms with Crippen LogP contribution in [0.1, 0.15) is 59.3 Å². The lowest BCUT2D eigenvalue weighted by Gasteiger charge is -2.62. The van der Waals surface area contributed by atoms with Gasteiger partial charge in [0.05, 0.1) is 11.7 Å². The molecule has 0 amide bonds. The zero-order valence-corrected chi connectivity index (χ0v) is 18.9. The Kier molecular flexibility index (Phi) is 4.78. The second kappa shape index (κ2) is 7.00. The summed E-state index contributed by atoms with van der Waals surface area (Å²) in [6.45, 7) is 5.55. The Morgan fingerprint density at radius 3 is 2.66 bits per heavy atom. The van der Waals surface area contributed by atoms with Crippen LogP contribution >= 0.6 is 0 Å². The molecule has 0 aromatic rings. The maximum atomic E-state index is 13.7. The highest BCUT2D eigenvalue weighted by Crippen LogP contribution is 2.67. The molecule has 1 heterocycles. The third-order valence-corrected chi connectivity index (χ3v) is 9.45. The summed E-state index contributed by atoms with van der Waals surface area (Å²) in [6.07, 6.45) is 5.19. The van der Waals surface area contributed by atoms with E-state index in [1.807, 2.05) is 13.0 Å². The molecule has 0 bridgehead atoms. The molecule has 3 saturated carbocycles. The van der Waals surface area contributed by atoms with Gasteiger partial charge in [0.15, 0.2) is 0 Å². The van der Waals surface area contributed by atoms with Gasteiger partial charge in [-0.25, -0.2) is 4.79 Å². The lowest BCUT2D eigenvalue weighted by atomic mass is 9.42. The van der Waals surface area contributed by atoms with Crippen molar-refractivity contribution in [2.45, 2.75) is 77.1 Å². The topological polar surface area (TPSA) is 110 Å². The van der Waals surface area contributed by atoms with Gasteiger partial charge < -0.3 is 19.7 Å². The summed E-state index contributed by atoms with van der Waals surface area (Å²) in [5, 5.41) is 22.9. The summed E-state index contributed by atoms with van der Waals surface area (Å²) in [5.74, 6) is -1.10. The van der Waals surface area contributed by atoms with Gasteiger partial charge in [0.1, 0.15) is 18.5 Å². The van der Waals surface area contributed by atoms with E-state index in [1.54, 1.807) is 0 Å². The average Bonchev–Trinajstić information content (AvgIpc) is 3.22. The van der Waals surface area contributed by atoms with E-state index in [0.717, 1.165) is 17.6 Å². The number of hydrogen-bond donors (Lipinski definition) is 2. The fourth-order valence-electron chi connectivity index (χ4n) is 7.96. The van der Waals surface area contributed by atoms with Gasteiger partial charge >= 0.3 is 11.9 Å². The predicted molar refractivity (Wildman–Crippen MR) is 113 cm³/mol. The first-order chi connectivity index (χ1) is 15.0. The maximum absolute atomic E-state index is 13.7. The van der Waals surface area contributed by atoms with Crippen molar-refractivity contribution < 1.29 is 34.1 Å². The van der Waals surface area contributed by atoms with Gasteiger partial charge in [-0.3, -0.25) is 9.59 Å². The highest BCUT2D eigenvalue weighted by molar-refractivity contribution is 5.89. The number of carbonyl (C=O) groups is 3. The first kappa shape index (κ1) is 21.8. The number of Topliss-reactive ketones (excluding diaryl/α,β-unsaturated/α-hetero) is 1. The zero-order valence-electron chi connectivity index (χ0n) is 18.9. The molecule has 5 rings (SSSR count). The second-order valence-electron chi connectivity index (χ2n) is 11.0. The molecule has 5 aliphatic rings. The van der Waals surface area contributed by atoms with Crippen LogP contribution in [0.25, 0.3) is 0 Å². The van der Waals surface area contributed by atoms with Crippen LogP contribution in [0, 0.1) is 28.6 Å². The summed E-state index contributed by atoms with van der Waals surface area (Å²) in [7, 11) is 0. The molecule has 3 fully saturated rings. The monoisotopic (exact) mass is 444 g/mol. The number of carbonyl (C=O) groups excluding carboxylic acids is 3. The predicted octanol–water partition coefficient (Wildman–Crippen LogP) is 2.25. The zero-order chi connectivity index (χ0) is 23.1. The molecule has 0 radical (unpaired) electrons. The van der Waals surface area contributed by atoms with Gasteiger partial charge in [0.25, 0.3) is 0 Å². The molecule has 0 saturated heterocycles. The number of ether oxygens (including phenoxy) is 2. The van der Waals surface area contributed by atoms with E-state index in [-0.39, 0.29) is 42.5 Å². The molecule has 8 atom stereocenters. The van der Waals surface area contributed by atoms with E-state index in [2.05, 4.69) is 6.92 Å². The standard InChI is InChI=1S/C25H32O7/c1-13(26)32-20-9-15-4-5-17-22(23(15,2)10-18(20)27)19(28)11-24(3)16(6-7-25(17,24)30)14-8-21(29)31-12-14/h6,8,15,17-18,20,22,27,30H,4-5,7,9-12H2,1-3H3/t15-,17-,18+,20+,22-,23+,24-,25+/m1/s1. The molecule has 0 spiro atoms. The molecule has 1 aliphatic heterocycles. The van der Waals surface area contributed by atoms with Crippen molar-refractivity contribution in [3.8, 4) is 0 Å². The van der Waals surface area contributed by atoms with Crippen LogP contribution in [-0.2, 0) is 23.9 Å². The van der Waals surface area contributed by atoms with Gasteiger partial charge in [-0.15, -0.1) is 0 Å². The summed E-state index contributed by atoms with van der Waals surface area (Å²) in [6, 6.07) is 0. The highest BCUT2D eigenvalue weighted by atomic mass is 16.6. The Morgan fingerprint density at radius 2 is 2.00 bits per heavy atom. The van der Waals surface area contributed by atoms with E-state index >= 15 is 0 Å². The molecule has 0 aromatic carbocycles. The van der Waals surface area contributed by atoms with Crippen LogP contribution in [-0.4, -0.2) is 52.4 Å². The van der Waals surface area contributed by atoms with Gasteiger partial charge in [0, 0.05) is 36.3 Å². The van der Waals surface area contributed by atoms with E-state index < -0.39 is 34.6 Å². The van der Waals surface area contributed by atoms with Crippen molar-refractivity contribution >= 4 is 17.7 Å². The minimum Gasteiger partial charge on any atom is -0.460 e. The van der Waals surface area contributed by atoms with Crippen molar-refractivity contribution in [2.24, 2.45) is 28.6 Å². The molecule has 0 aromatic heterocycles. The number of rotatable bonds is 2. The molecule has 2 N–H and O–H groups in total. The Labute approximate surface area is 187 Å². The normalized spacial score (nSPS) is 47.6. The van der Waals surface area contributed by atoms with Crippen molar-refractivity contribution in [2.75, 3.05) is 6.61 Å². The van der Waals surface area contributed by atoms with E-state index in [4.69, 9.17) is 9.47 Å². The Hall–Kier alpha value is -1.99. The summed E-state index contributed by atoms with van der Waals surface area (Å²) >= 11 is 0. The lowest BCUT2D eigenvalue weighted by Crippen LogP contribution is -2.66. The molecule has 7 nitrogen and oxygen atoms in total. The van der Waals surface area contributed by atoms with Crippen LogP contribution in [0.4, 0.5) is 0 Å². The fraction of sp³-hybridized carbons (Fsp3) is 0.720. The minimum atomic E-state index is -1.08. The highest BCUT2D eigenvalue weighted by Gasteiger charge is 2.69. The Bertz CT molecular complexity index is 950. The van der Waals surface area contributed by atoms with Crippen molar-refractivity contribution in [1.29, 1.82) is 0 Å². The molecule has 174 valence electrons. The largest absolute Gasteiger partial charge is 0.460 e. The number of ketones is 1. The minimum absolute atomic E-state index is 0.117. The van der Waals surface area contributed by atoms with Gasteiger partial charge in [-0.1, -0.05) is 19.9 Å². The summed E-state index contributed by atoms with van der Waals surface area (Å²) in [5.41, 5.74) is -0.678. The molecule has 32 heavy (non-hydrogen) atoms. The van der Waals surface area contributed by atoms with Crippen LogP contribution in [0.3, 0.4) is 0 Å². The number of esters is 2. The molecule has 4 aliphatic carbocycles. The van der Waals surface area contributed by atoms with Crippen LogP contribution in [0.2, 0.25) is 0 Å². The molecule has 7 heteroatoms. The Morgan fingerprint density at radius 1 is 1.25 bits per heavy atom. The van der Waals surface area contributed by atoms with Crippen molar-refractivity contribution in [3.05, 3.63) is 23.3 Å². The fourth-order valence-corrected chi connectivity index (χ4v) is 7.96. The van der Waals surface area contributed by atoms with Gasteiger partial charge in [-0.2, -0.15) is 0 Å². The third-order valence-electron chi connectivity index (χ3n) is 9.45. The lowest BCUT2D eigenvalue weighted by molar-refractivity contribution is -0.210. The van der Waals surface area contributed by atoms with E-state index in [1.165, 1.54) is 13.0 Å². The third kappa shape index (κ3) is 2.83. The number of fused-ring (bicyclic) bond motifs is 5. The number of hydrogen-bond acceptors (Lipinski definition) is 7. The second-order valence-corrected chi connectivity index (χ2v) is 11.0. The number of aliphatic hydroxyl groups is 2. The van der Waals surface area contributed by atoms with Crippen LogP contribution in [0.15, 0.2) is 23.3 Å². The molecular formula is C25H32O7. The maximum Gasteiger partial charge on any atom is 0.331 e. The van der Waals surface area contributed by atoms with Crippen molar-refractivity contribution in [3.63, 3.8) is 0 Å². The molecular weight excluding hydrogens is 412 g/mol. The van der Waals surface area contributed by atoms with E-state index in [9.17, 15) is 24.6 Å². The molecule has 0 unspecified atom stereocenters. The SMILES string of the molecule is CC(=O)O[C@H]1C[C@H]2CC[C@@H]3[C@H](C(=O)C[C@]4(C)C(C5=CC(=O)OC5)=CC[C@]34O)[C@@]2(C)C[C@@H]1O. The average molecular weight is 445 g/mol. The summed E-state index contributed by atoms with van der Waals surface area (Å²) < 4.78 is 10.5. The Balaban J connectivity index is 1.47.